The molecule has 5 heteroatoms. The second-order valence-corrected chi connectivity index (χ2v) is 5.97. The molecule has 0 fully saturated rings. The lowest BCUT2D eigenvalue weighted by Crippen LogP contribution is -2.22. The molecule has 0 spiro atoms. The average Bonchev–Trinajstić information content (AvgIpc) is 2.39. The number of hydrogen-bond donors (Lipinski definition) is 2. The summed E-state index contributed by atoms with van der Waals surface area (Å²) in [5, 5.41) is 3.09. The maximum atomic E-state index is 5.87. The number of hydrogen-bond acceptors (Lipinski definition) is 2. The Morgan fingerprint density at radius 3 is 2.32 bits per heavy atom. The number of rotatable bonds is 8. The molecule has 1 rings (SSSR count). The van der Waals surface area contributed by atoms with Crippen LogP contribution >= 0.6 is 24.0 Å². The number of nitrogens with one attached hydrogen (secondary N) is 1. The number of anilines is 1. The number of guanidine groups is 1. The van der Waals surface area contributed by atoms with Crippen LogP contribution in [0.3, 0.4) is 0 Å². The van der Waals surface area contributed by atoms with Crippen LogP contribution in [0.5, 0.6) is 5.75 Å². The predicted molar refractivity (Wildman–Crippen MR) is 106 cm³/mol. The molecule has 0 aliphatic rings. The normalized spacial score (nSPS) is 11.5. The van der Waals surface area contributed by atoms with Crippen LogP contribution in [0, 0.1) is 5.92 Å². The van der Waals surface area contributed by atoms with Gasteiger partial charge in [0.2, 0.25) is 0 Å². The molecule has 126 valence electrons. The molecule has 22 heavy (non-hydrogen) atoms. The first-order valence-corrected chi connectivity index (χ1v) is 7.81. The molecular weight excluding hydrogens is 389 g/mol. The summed E-state index contributed by atoms with van der Waals surface area (Å²) < 4.78 is 5.60. The maximum Gasteiger partial charge on any atom is 0.193 e. The lowest BCUT2D eigenvalue weighted by Gasteiger charge is -2.11. The van der Waals surface area contributed by atoms with Gasteiger partial charge in [-0.1, -0.05) is 26.7 Å². The third kappa shape index (κ3) is 9.87. The van der Waals surface area contributed by atoms with Crippen molar-refractivity contribution in [2.45, 2.75) is 53.1 Å². The van der Waals surface area contributed by atoms with Gasteiger partial charge in [0.05, 0.1) is 6.10 Å². The number of benzene rings is 1. The molecule has 0 aliphatic heterocycles. The minimum atomic E-state index is 0. The van der Waals surface area contributed by atoms with Crippen molar-refractivity contribution >= 4 is 35.6 Å². The molecule has 4 nitrogen and oxygen atoms in total. The van der Waals surface area contributed by atoms with Crippen LogP contribution in [0.25, 0.3) is 0 Å². The van der Waals surface area contributed by atoms with Crippen LogP contribution in [0.2, 0.25) is 0 Å². The summed E-state index contributed by atoms with van der Waals surface area (Å²) in [5.74, 6) is 2.09. The summed E-state index contributed by atoms with van der Waals surface area (Å²) in [6.45, 7) is 9.28. The minimum absolute atomic E-state index is 0. The van der Waals surface area contributed by atoms with Crippen LogP contribution in [0.1, 0.15) is 47.0 Å². The standard InChI is InChI=1S/C17H29N3O.HI/c1-13(2)7-5-6-12-19-17(18)20-15-8-10-16(11-9-15)21-14(3)4;/h8-11,13-14H,5-7,12H2,1-4H3,(H3,18,19,20);1H. The highest BCUT2D eigenvalue weighted by Gasteiger charge is 1.99. The predicted octanol–water partition coefficient (Wildman–Crippen LogP) is 4.64. The Morgan fingerprint density at radius 2 is 1.77 bits per heavy atom. The molecule has 1 aromatic rings. The maximum absolute atomic E-state index is 5.87. The summed E-state index contributed by atoms with van der Waals surface area (Å²) in [4.78, 5) is 4.34. The molecular formula is C17H30IN3O. The average molecular weight is 419 g/mol. The van der Waals surface area contributed by atoms with Crippen molar-refractivity contribution in [1.29, 1.82) is 0 Å². The second-order valence-electron chi connectivity index (χ2n) is 5.97. The largest absolute Gasteiger partial charge is 0.491 e. The summed E-state index contributed by atoms with van der Waals surface area (Å²) in [7, 11) is 0. The fourth-order valence-electron chi connectivity index (χ4n) is 1.94. The van der Waals surface area contributed by atoms with E-state index in [2.05, 4.69) is 24.2 Å². The van der Waals surface area contributed by atoms with E-state index in [0.29, 0.717) is 5.96 Å². The van der Waals surface area contributed by atoms with E-state index in [1.165, 1.54) is 12.8 Å². The fraction of sp³-hybridized carbons (Fsp3) is 0.588. The first-order valence-electron chi connectivity index (χ1n) is 7.81. The Bertz CT molecular complexity index is 430. The molecule has 0 aromatic heterocycles. The van der Waals surface area contributed by atoms with E-state index < -0.39 is 0 Å². The van der Waals surface area contributed by atoms with Crippen molar-refractivity contribution < 1.29 is 4.74 Å². The Morgan fingerprint density at radius 1 is 1.14 bits per heavy atom. The number of aliphatic imine (C=N–C) groups is 1. The quantitative estimate of drug-likeness (QED) is 0.279. The lowest BCUT2D eigenvalue weighted by molar-refractivity contribution is 0.242. The zero-order valence-corrected chi connectivity index (χ0v) is 16.5. The second kappa shape index (κ2) is 11.6. The molecule has 0 saturated heterocycles. The molecule has 0 aliphatic carbocycles. The van der Waals surface area contributed by atoms with E-state index in [-0.39, 0.29) is 30.1 Å². The smallest absolute Gasteiger partial charge is 0.193 e. The van der Waals surface area contributed by atoms with E-state index in [9.17, 15) is 0 Å². The Labute approximate surface area is 151 Å². The van der Waals surface area contributed by atoms with E-state index in [4.69, 9.17) is 10.5 Å². The third-order valence-corrected chi connectivity index (χ3v) is 2.97. The number of nitrogens with zero attached hydrogens (tertiary/aromatic N) is 1. The van der Waals surface area contributed by atoms with Gasteiger partial charge in [0, 0.05) is 12.2 Å². The van der Waals surface area contributed by atoms with Gasteiger partial charge in [-0.2, -0.15) is 0 Å². The molecule has 0 atom stereocenters. The SMILES string of the molecule is CC(C)CCCCN=C(N)Nc1ccc(OC(C)C)cc1.I. The topological polar surface area (TPSA) is 59.6 Å². The van der Waals surface area contributed by atoms with E-state index in [1.54, 1.807) is 0 Å². The first-order chi connectivity index (χ1) is 9.97. The highest BCUT2D eigenvalue weighted by atomic mass is 127. The van der Waals surface area contributed by atoms with Crippen LogP contribution in [0.15, 0.2) is 29.3 Å². The zero-order chi connectivity index (χ0) is 15.7. The summed E-state index contributed by atoms with van der Waals surface area (Å²) in [6, 6.07) is 7.74. The molecule has 3 N–H and O–H groups in total. The Kier molecular flexibility index (Phi) is 11.1. The van der Waals surface area contributed by atoms with Gasteiger partial charge in [-0.05, 0) is 50.5 Å². The van der Waals surface area contributed by atoms with Crippen molar-refractivity contribution in [1.82, 2.24) is 0 Å². The van der Waals surface area contributed by atoms with Gasteiger partial charge in [0.1, 0.15) is 5.75 Å². The van der Waals surface area contributed by atoms with Crippen LogP contribution in [-0.4, -0.2) is 18.6 Å². The fourth-order valence-corrected chi connectivity index (χ4v) is 1.94. The van der Waals surface area contributed by atoms with Crippen molar-refractivity contribution in [3.63, 3.8) is 0 Å². The summed E-state index contributed by atoms with van der Waals surface area (Å²) >= 11 is 0. The van der Waals surface area contributed by atoms with Gasteiger partial charge < -0.3 is 15.8 Å². The van der Waals surface area contributed by atoms with Crippen molar-refractivity contribution in [3.05, 3.63) is 24.3 Å². The molecule has 0 saturated carbocycles. The molecule has 0 bridgehead atoms. The highest BCUT2D eigenvalue weighted by molar-refractivity contribution is 14.0. The Balaban J connectivity index is 0.00000441. The highest BCUT2D eigenvalue weighted by Crippen LogP contribution is 2.16. The van der Waals surface area contributed by atoms with E-state index >= 15 is 0 Å². The van der Waals surface area contributed by atoms with E-state index in [0.717, 1.165) is 30.3 Å². The van der Waals surface area contributed by atoms with Crippen LogP contribution in [0.4, 0.5) is 5.69 Å². The minimum Gasteiger partial charge on any atom is -0.491 e. The van der Waals surface area contributed by atoms with Crippen LogP contribution in [-0.2, 0) is 0 Å². The van der Waals surface area contributed by atoms with Crippen molar-refractivity contribution in [2.24, 2.45) is 16.6 Å². The summed E-state index contributed by atoms with van der Waals surface area (Å²) in [6.07, 6.45) is 3.72. The van der Waals surface area contributed by atoms with E-state index in [1.807, 2.05) is 38.1 Å². The molecule has 1 aromatic carbocycles. The van der Waals surface area contributed by atoms with Gasteiger partial charge in [0.15, 0.2) is 5.96 Å². The van der Waals surface area contributed by atoms with Gasteiger partial charge in [-0.3, -0.25) is 4.99 Å². The molecule has 0 radical (unpaired) electrons. The Hall–Kier alpha value is -0.980. The van der Waals surface area contributed by atoms with Gasteiger partial charge >= 0.3 is 0 Å². The molecule has 0 unspecified atom stereocenters. The van der Waals surface area contributed by atoms with Crippen molar-refractivity contribution in [2.75, 3.05) is 11.9 Å². The third-order valence-electron chi connectivity index (χ3n) is 2.97. The lowest BCUT2D eigenvalue weighted by atomic mass is 10.1. The summed E-state index contributed by atoms with van der Waals surface area (Å²) in [5.41, 5.74) is 6.80. The zero-order valence-electron chi connectivity index (χ0n) is 14.1. The number of halogens is 1. The van der Waals surface area contributed by atoms with Gasteiger partial charge in [-0.15, -0.1) is 24.0 Å². The number of unbranched alkanes of at least 4 members (excludes halogenated alkanes) is 1. The molecule has 0 amide bonds. The molecule has 0 heterocycles. The first kappa shape index (κ1) is 21.0. The number of ether oxygens (including phenoxy) is 1. The van der Waals surface area contributed by atoms with Crippen molar-refractivity contribution in [3.8, 4) is 5.75 Å². The number of nitrogens with two attached hydrogens (primary N) is 1. The monoisotopic (exact) mass is 419 g/mol. The van der Waals surface area contributed by atoms with Crippen LogP contribution < -0.4 is 15.8 Å². The van der Waals surface area contributed by atoms with Gasteiger partial charge in [-0.25, -0.2) is 0 Å². The van der Waals surface area contributed by atoms with Gasteiger partial charge in [0.25, 0.3) is 0 Å².